The van der Waals surface area contributed by atoms with Crippen molar-refractivity contribution in [2.75, 3.05) is 19.6 Å². The molecule has 0 radical (unpaired) electrons. The summed E-state index contributed by atoms with van der Waals surface area (Å²) in [6.07, 6.45) is 3.77. The van der Waals surface area contributed by atoms with Crippen LogP contribution in [-0.2, 0) is 4.79 Å². The number of hydrogen-bond donors (Lipinski definition) is 2. The summed E-state index contributed by atoms with van der Waals surface area (Å²) in [5.41, 5.74) is 5.16. The van der Waals surface area contributed by atoms with Crippen LogP contribution in [0.1, 0.15) is 33.1 Å². The Morgan fingerprint density at radius 3 is 2.69 bits per heavy atom. The molecule has 4 nitrogen and oxygen atoms in total. The number of nitrogens with two attached hydrogens (primary N) is 1. The fourth-order valence-corrected chi connectivity index (χ4v) is 2.15. The van der Waals surface area contributed by atoms with Crippen LogP contribution >= 0.6 is 0 Å². The van der Waals surface area contributed by atoms with Crippen LogP contribution < -0.4 is 11.1 Å². The van der Waals surface area contributed by atoms with Gasteiger partial charge in [-0.2, -0.15) is 0 Å². The highest BCUT2D eigenvalue weighted by atomic mass is 16.2. The average Bonchev–Trinajstić information content (AvgIpc) is 3.00. The zero-order valence-electron chi connectivity index (χ0n) is 10.3. The van der Waals surface area contributed by atoms with Crippen molar-refractivity contribution >= 4 is 5.91 Å². The van der Waals surface area contributed by atoms with E-state index in [0.717, 1.165) is 25.6 Å². The lowest BCUT2D eigenvalue weighted by molar-refractivity contribution is -0.129. The van der Waals surface area contributed by atoms with Crippen LogP contribution in [0.3, 0.4) is 0 Å². The van der Waals surface area contributed by atoms with Crippen LogP contribution in [0.4, 0.5) is 0 Å². The Labute approximate surface area is 97.6 Å². The predicted octanol–water partition coefficient (Wildman–Crippen LogP) is 0.324. The van der Waals surface area contributed by atoms with Crippen molar-refractivity contribution in [2.24, 2.45) is 11.1 Å². The van der Waals surface area contributed by atoms with Gasteiger partial charge in [-0.15, -0.1) is 0 Å². The second-order valence-electron chi connectivity index (χ2n) is 5.77. The van der Waals surface area contributed by atoms with Crippen LogP contribution in [0.5, 0.6) is 0 Å². The van der Waals surface area contributed by atoms with Crippen LogP contribution in [0, 0.1) is 5.41 Å². The molecule has 4 heteroatoms. The number of carbonyl (C=O) groups is 1. The Kier molecular flexibility index (Phi) is 3.22. The molecule has 0 aromatic heterocycles. The van der Waals surface area contributed by atoms with Gasteiger partial charge in [0.15, 0.2) is 0 Å². The maximum absolute atomic E-state index is 11.9. The number of carbonyl (C=O) groups excluding carboxylic acids is 1. The molecule has 1 heterocycles. The minimum atomic E-state index is -0.437. The first-order chi connectivity index (χ1) is 7.53. The molecule has 0 bridgehead atoms. The zero-order chi connectivity index (χ0) is 11.8. The molecule has 0 spiro atoms. The van der Waals surface area contributed by atoms with E-state index in [0.29, 0.717) is 12.6 Å². The number of likely N-dealkylation sites (tertiary alicyclic amines) is 1. The highest BCUT2D eigenvalue weighted by molar-refractivity contribution is 5.82. The third-order valence-electron chi connectivity index (χ3n) is 3.74. The van der Waals surface area contributed by atoms with Gasteiger partial charge in [0.1, 0.15) is 0 Å². The summed E-state index contributed by atoms with van der Waals surface area (Å²) in [5, 5.41) is 3.12. The number of rotatable bonds is 4. The Balaban J connectivity index is 1.80. The summed E-state index contributed by atoms with van der Waals surface area (Å²) in [4.78, 5) is 14.4. The van der Waals surface area contributed by atoms with E-state index in [-0.39, 0.29) is 5.91 Å². The lowest BCUT2D eigenvalue weighted by Crippen LogP contribution is -2.47. The summed E-state index contributed by atoms with van der Waals surface area (Å²) in [6.45, 7) is 6.36. The average molecular weight is 225 g/mol. The third-order valence-corrected chi connectivity index (χ3v) is 3.74. The first kappa shape index (κ1) is 11.9. The normalized spacial score (nSPS) is 27.1. The van der Waals surface area contributed by atoms with Crippen molar-refractivity contribution in [3.63, 3.8) is 0 Å². The van der Waals surface area contributed by atoms with E-state index in [1.165, 1.54) is 12.8 Å². The summed E-state index contributed by atoms with van der Waals surface area (Å²) >= 11 is 0. The quantitative estimate of drug-likeness (QED) is 0.724. The first-order valence-electron chi connectivity index (χ1n) is 6.28. The maximum Gasteiger partial charge on any atom is 0.227 e. The second kappa shape index (κ2) is 4.34. The van der Waals surface area contributed by atoms with Crippen LogP contribution in [0.15, 0.2) is 0 Å². The molecular formula is C12H23N3O. The lowest BCUT2D eigenvalue weighted by Gasteiger charge is -2.24. The van der Waals surface area contributed by atoms with Crippen LogP contribution in [0.2, 0.25) is 0 Å². The van der Waals surface area contributed by atoms with E-state index in [1.54, 1.807) is 0 Å². The van der Waals surface area contributed by atoms with E-state index >= 15 is 0 Å². The van der Waals surface area contributed by atoms with Crippen LogP contribution in [-0.4, -0.2) is 42.5 Å². The molecule has 16 heavy (non-hydrogen) atoms. The minimum Gasteiger partial charge on any atom is -0.352 e. The van der Waals surface area contributed by atoms with E-state index in [4.69, 9.17) is 5.73 Å². The van der Waals surface area contributed by atoms with Crippen molar-refractivity contribution in [2.45, 2.75) is 45.2 Å². The summed E-state index contributed by atoms with van der Waals surface area (Å²) in [5.74, 6) is 0.0950. The number of nitrogens with zero attached hydrogens (tertiary/aromatic N) is 1. The van der Waals surface area contributed by atoms with Gasteiger partial charge in [-0.05, 0) is 33.1 Å². The summed E-state index contributed by atoms with van der Waals surface area (Å²) < 4.78 is 0. The van der Waals surface area contributed by atoms with Gasteiger partial charge in [-0.1, -0.05) is 0 Å². The van der Waals surface area contributed by atoms with Crippen molar-refractivity contribution in [3.8, 4) is 0 Å². The molecule has 1 atom stereocenters. The van der Waals surface area contributed by atoms with Gasteiger partial charge >= 0.3 is 0 Å². The minimum absolute atomic E-state index is 0.0950. The predicted molar refractivity (Wildman–Crippen MR) is 64.0 cm³/mol. The maximum atomic E-state index is 11.9. The Hall–Kier alpha value is -0.610. The van der Waals surface area contributed by atoms with Gasteiger partial charge in [-0.25, -0.2) is 0 Å². The van der Waals surface area contributed by atoms with E-state index in [2.05, 4.69) is 10.2 Å². The van der Waals surface area contributed by atoms with Gasteiger partial charge in [0.25, 0.3) is 0 Å². The smallest absolute Gasteiger partial charge is 0.227 e. The molecule has 1 aliphatic heterocycles. The fourth-order valence-electron chi connectivity index (χ4n) is 2.15. The fraction of sp³-hybridized carbons (Fsp3) is 0.917. The largest absolute Gasteiger partial charge is 0.352 e. The Morgan fingerprint density at radius 2 is 2.12 bits per heavy atom. The van der Waals surface area contributed by atoms with Crippen molar-refractivity contribution in [3.05, 3.63) is 0 Å². The van der Waals surface area contributed by atoms with Gasteiger partial charge in [0, 0.05) is 31.7 Å². The highest BCUT2D eigenvalue weighted by Crippen LogP contribution is 2.30. The molecule has 2 rings (SSSR count). The molecule has 92 valence electrons. The number of hydrogen-bond acceptors (Lipinski definition) is 3. The SMILES string of the molecule is CC(C)(CN)C(=O)NC1CCN(C2CC2)C1. The zero-order valence-corrected chi connectivity index (χ0v) is 10.3. The molecule has 1 saturated heterocycles. The third kappa shape index (κ3) is 2.55. The molecule has 0 aromatic rings. The second-order valence-corrected chi connectivity index (χ2v) is 5.77. The molecule has 2 fully saturated rings. The molecule has 3 N–H and O–H groups in total. The van der Waals surface area contributed by atoms with Gasteiger partial charge in [0.05, 0.1) is 5.41 Å². The van der Waals surface area contributed by atoms with Gasteiger partial charge in [0.2, 0.25) is 5.91 Å². The van der Waals surface area contributed by atoms with E-state index in [1.807, 2.05) is 13.8 Å². The topological polar surface area (TPSA) is 58.4 Å². The highest BCUT2D eigenvalue weighted by Gasteiger charge is 2.36. The van der Waals surface area contributed by atoms with Gasteiger partial charge < -0.3 is 11.1 Å². The molecule has 1 saturated carbocycles. The lowest BCUT2D eigenvalue weighted by atomic mass is 9.92. The molecule has 1 aliphatic carbocycles. The van der Waals surface area contributed by atoms with Crippen LogP contribution in [0.25, 0.3) is 0 Å². The van der Waals surface area contributed by atoms with Crippen molar-refractivity contribution in [1.29, 1.82) is 0 Å². The summed E-state index contributed by atoms with van der Waals surface area (Å²) in [6, 6.07) is 1.14. The van der Waals surface area contributed by atoms with Crippen molar-refractivity contribution < 1.29 is 4.79 Å². The molecule has 2 aliphatic rings. The monoisotopic (exact) mass is 225 g/mol. The molecule has 1 amide bonds. The Bertz CT molecular complexity index is 273. The molecule has 0 aromatic carbocycles. The van der Waals surface area contributed by atoms with E-state index < -0.39 is 5.41 Å². The van der Waals surface area contributed by atoms with E-state index in [9.17, 15) is 4.79 Å². The molecule has 1 unspecified atom stereocenters. The summed E-state index contributed by atoms with van der Waals surface area (Å²) in [7, 11) is 0. The number of amides is 1. The molecular weight excluding hydrogens is 202 g/mol. The van der Waals surface area contributed by atoms with Crippen molar-refractivity contribution in [1.82, 2.24) is 10.2 Å². The number of nitrogens with one attached hydrogen (secondary N) is 1. The first-order valence-corrected chi connectivity index (χ1v) is 6.28. The standard InChI is InChI=1S/C12H23N3O/c1-12(2,8-13)11(16)14-9-5-6-15(7-9)10-3-4-10/h9-10H,3-8,13H2,1-2H3,(H,14,16). The van der Waals surface area contributed by atoms with Gasteiger partial charge in [-0.3, -0.25) is 9.69 Å². The Morgan fingerprint density at radius 1 is 1.44 bits per heavy atom.